The lowest BCUT2D eigenvalue weighted by atomic mass is 9.86. The first-order valence-corrected chi connectivity index (χ1v) is 7.75. The molecule has 2 nitrogen and oxygen atoms in total. The molecule has 0 atom stereocenters. The normalized spacial score (nSPS) is 11.3. The van der Waals surface area contributed by atoms with Gasteiger partial charge in [0.2, 0.25) is 0 Å². The van der Waals surface area contributed by atoms with E-state index in [-0.39, 0.29) is 5.41 Å². The van der Waals surface area contributed by atoms with E-state index >= 15 is 0 Å². The maximum absolute atomic E-state index is 6.03. The molecule has 2 aromatic carbocycles. The van der Waals surface area contributed by atoms with Gasteiger partial charge in [0.15, 0.2) is 0 Å². The molecule has 0 aliphatic carbocycles. The summed E-state index contributed by atoms with van der Waals surface area (Å²) in [4.78, 5) is 0. The molecule has 0 bridgehead atoms. The lowest BCUT2D eigenvalue weighted by Crippen LogP contribution is -2.13. The molecule has 0 radical (unpaired) electrons. The van der Waals surface area contributed by atoms with Crippen molar-refractivity contribution in [1.82, 2.24) is 0 Å². The third-order valence-electron chi connectivity index (χ3n) is 3.28. The van der Waals surface area contributed by atoms with E-state index < -0.39 is 0 Å². The second-order valence-corrected chi connectivity index (χ2v) is 6.95. The molecule has 0 fully saturated rings. The summed E-state index contributed by atoms with van der Waals surface area (Å²) in [7, 11) is 1.68. The number of methoxy groups -OCH3 is 1. The summed E-state index contributed by atoms with van der Waals surface area (Å²) in [5, 5.41) is 0. The van der Waals surface area contributed by atoms with E-state index in [1.54, 1.807) is 7.11 Å². The Morgan fingerprint density at radius 1 is 1.05 bits per heavy atom. The van der Waals surface area contributed by atoms with Gasteiger partial charge in [0.1, 0.15) is 18.1 Å². The van der Waals surface area contributed by atoms with Gasteiger partial charge in [-0.05, 0) is 41.3 Å². The molecule has 0 amide bonds. The molecule has 112 valence electrons. The van der Waals surface area contributed by atoms with Crippen LogP contribution >= 0.6 is 15.9 Å². The third-order valence-corrected chi connectivity index (χ3v) is 3.77. The molecule has 0 unspecified atom stereocenters. The Kier molecular flexibility index (Phi) is 4.94. The third kappa shape index (κ3) is 4.24. The minimum Gasteiger partial charge on any atom is -0.497 e. The molecule has 0 aliphatic rings. The van der Waals surface area contributed by atoms with Gasteiger partial charge in [-0.1, -0.05) is 48.8 Å². The highest BCUT2D eigenvalue weighted by molar-refractivity contribution is 9.10. The van der Waals surface area contributed by atoms with Crippen molar-refractivity contribution >= 4 is 15.9 Å². The lowest BCUT2D eigenvalue weighted by molar-refractivity contribution is 0.296. The average molecular weight is 349 g/mol. The summed E-state index contributed by atoms with van der Waals surface area (Å²) in [6, 6.07) is 14.1. The van der Waals surface area contributed by atoms with E-state index in [0.717, 1.165) is 27.1 Å². The summed E-state index contributed by atoms with van der Waals surface area (Å²) in [6.45, 7) is 7.07. The van der Waals surface area contributed by atoms with Crippen LogP contribution in [0.5, 0.6) is 11.5 Å². The summed E-state index contributed by atoms with van der Waals surface area (Å²) in [5.41, 5.74) is 2.29. The van der Waals surface area contributed by atoms with Crippen molar-refractivity contribution < 1.29 is 9.47 Å². The first kappa shape index (κ1) is 15.9. The Morgan fingerprint density at radius 2 is 1.81 bits per heavy atom. The van der Waals surface area contributed by atoms with Crippen molar-refractivity contribution in [3.63, 3.8) is 0 Å². The van der Waals surface area contributed by atoms with Crippen LogP contribution in [0, 0.1) is 0 Å². The first-order chi connectivity index (χ1) is 9.90. The van der Waals surface area contributed by atoms with Crippen LogP contribution in [0.4, 0.5) is 0 Å². The fourth-order valence-electron chi connectivity index (χ4n) is 2.14. The SMILES string of the molecule is COc1ccc(OCc2cccc(Br)c2)c(C(C)(C)C)c1. The number of rotatable bonds is 4. The Labute approximate surface area is 135 Å². The van der Waals surface area contributed by atoms with Gasteiger partial charge >= 0.3 is 0 Å². The van der Waals surface area contributed by atoms with Gasteiger partial charge in [0.25, 0.3) is 0 Å². The van der Waals surface area contributed by atoms with Gasteiger partial charge < -0.3 is 9.47 Å². The van der Waals surface area contributed by atoms with Crippen LogP contribution in [0.3, 0.4) is 0 Å². The highest BCUT2D eigenvalue weighted by atomic mass is 79.9. The largest absolute Gasteiger partial charge is 0.497 e. The predicted molar refractivity (Wildman–Crippen MR) is 90.2 cm³/mol. The van der Waals surface area contributed by atoms with Gasteiger partial charge in [-0.25, -0.2) is 0 Å². The molecule has 3 heteroatoms. The van der Waals surface area contributed by atoms with Crippen molar-refractivity contribution in [3.8, 4) is 11.5 Å². The van der Waals surface area contributed by atoms with Gasteiger partial charge in [-0.2, -0.15) is 0 Å². The summed E-state index contributed by atoms with van der Waals surface area (Å²) in [5.74, 6) is 1.76. The number of ether oxygens (including phenoxy) is 2. The molecule has 0 spiro atoms. The van der Waals surface area contributed by atoms with Crippen LogP contribution in [0.2, 0.25) is 0 Å². The van der Waals surface area contributed by atoms with Crippen LogP contribution in [0.15, 0.2) is 46.9 Å². The molecule has 2 rings (SSSR count). The molecule has 0 N–H and O–H groups in total. The van der Waals surface area contributed by atoms with Crippen LogP contribution in [0.25, 0.3) is 0 Å². The average Bonchev–Trinajstić information content (AvgIpc) is 2.44. The first-order valence-electron chi connectivity index (χ1n) is 6.96. The zero-order chi connectivity index (χ0) is 15.5. The van der Waals surface area contributed by atoms with Gasteiger partial charge in [-0.3, -0.25) is 0 Å². The standard InChI is InChI=1S/C18H21BrO2/c1-18(2,3)16-11-15(20-4)8-9-17(16)21-12-13-6-5-7-14(19)10-13/h5-11H,12H2,1-4H3. The zero-order valence-electron chi connectivity index (χ0n) is 12.9. The van der Waals surface area contributed by atoms with E-state index in [2.05, 4.69) is 54.9 Å². The highest BCUT2D eigenvalue weighted by Gasteiger charge is 2.20. The second-order valence-electron chi connectivity index (χ2n) is 6.03. The molecule has 0 heterocycles. The highest BCUT2D eigenvalue weighted by Crippen LogP contribution is 2.34. The van der Waals surface area contributed by atoms with E-state index in [4.69, 9.17) is 9.47 Å². The van der Waals surface area contributed by atoms with Crippen molar-refractivity contribution in [2.24, 2.45) is 0 Å². The predicted octanol–water partition coefficient (Wildman–Crippen LogP) is 5.33. The molecular weight excluding hydrogens is 328 g/mol. The molecule has 0 saturated heterocycles. The number of benzene rings is 2. The van der Waals surface area contributed by atoms with Gasteiger partial charge in [0.05, 0.1) is 7.11 Å². The Bertz CT molecular complexity index is 615. The Hall–Kier alpha value is -1.48. The smallest absolute Gasteiger partial charge is 0.123 e. The molecule has 0 saturated carbocycles. The number of hydrogen-bond donors (Lipinski definition) is 0. The quantitative estimate of drug-likeness (QED) is 0.742. The number of halogens is 1. The monoisotopic (exact) mass is 348 g/mol. The van der Waals surface area contributed by atoms with Crippen LogP contribution < -0.4 is 9.47 Å². The second kappa shape index (κ2) is 6.52. The van der Waals surface area contributed by atoms with Crippen LogP contribution in [0.1, 0.15) is 31.9 Å². The summed E-state index contributed by atoms with van der Waals surface area (Å²) >= 11 is 3.48. The van der Waals surface area contributed by atoms with Gasteiger partial charge in [0, 0.05) is 10.0 Å². The van der Waals surface area contributed by atoms with Crippen LogP contribution in [-0.2, 0) is 12.0 Å². The molecule has 0 aromatic heterocycles. The molecular formula is C18H21BrO2. The minimum absolute atomic E-state index is 0.00114. The number of hydrogen-bond acceptors (Lipinski definition) is 2. The lowest BCUT2D eigenvalue weighted by Gasteiger charge is -2.23. The summed E-state index contributed by atoms with van der Waals surface area (Å²) in [6.07, 6.45) is 0. The zero-order valence-corrected chi connectivity index (χ0v) is 14.5. The van der Waals surface area contributed by atoms with Gasteiger partial charge in [-0.15, -0.1) is 0 Å². The van der Waals surface area contributed by atoms with E-state index in [0.29, 0.717) is 6.61 Å². The van der Waals surface area contributed by atoms with Crippen molar-refractivity contribution in [3.05, 3.63) is 58.1 Å². The van der Waals surface area contributed by atoms with Crippen LogP contribution in [-0.4, -0.2) is 7.11 Å². The molecule has 0 aliphatic heterocycles. The topological polar surface area (TPSA) is 18.5 Å². The maximum Gasteiger partial charge on any atom is 0.123 e. The molecule has 21 heavy (non-hydrogen) atoms. The van der Waals surface area contributed by atoms with E-state index in [1.807, 2.05) is 24.3 Å². The van der Waals surface area contributed by atoms with E-state index in [9.17, 15) is 0 Å². The Morgan fingerprint density at radius 3 is 2.43 bits per heavy atom. The summed E-state index contributed by atoms with van der Waals surface area (Å²) < 4.78 is 12.4. The van der Waals surface area contributed by atoms with Crippen molar-refractivity contribution in [2.45, 2.75) is 32.8 Å². The molecule has 2 aromatic rings. The fourth-order valence-corrected chi connectivity index (χ4v) is 2.58. The van der Waals surface area contributed by atoms with Crippen molar-refractivity contribution in [2.75, 3.05) is 7.11 Å². The Balaban J connectivity index is 2.23. The van der Waals surface area contributed by atoms with E-state index in [1.165, 1.54) is 0 Å². The maximum atomic E-state index is 6.03. The fraction of sp³-hybridized carbons (Fsp3) is 0.333. The van der Waals surface area contributed by atoms with Crippen molar-refractivity contribution in [1.29, 1.82) is 0 Å². The minimum atomic E-state index is 0.00114.